The first-order valence-corrected chi connectivity index (χ1v) is 7.93. The first kappa shape index (κ1) is 15.3. The summed E-state index contributed by atoms with van der Waals surface area (Å²) < 4.78 is 5.15. The number of ether oxygens (including phenoxy) is 1. The van der Waals surface area contributed by atoms with Crippen LogP contribution in [0.15, 0.2) is 42.6 Å². The quantitative estimate of drug-likeness (QED) is 0.887. The molecule has 2 aromatic rings. The fraction of sp³-hybridized carbons (Fsp3) is 0.333. The average Bonchev–Trinajstić information content (AvgIpc) is 3.09. The number of nitrogens with zero attached hydrogens (tertiary/aromatic N) is 1. The number of carbonyl (C=O) groups excluding carboxylic acids is 1. The fourth-order valence-corrected chi connectivity index (χ4v) is 2.83. The first-order chi connectivity index (χ1) is 11.3. The van der Waals surface area contributed by atoms with Gasteiger partial charge in [0.25, 0.3) is 5.91 Å². The maximum atomic E-state index is 12.5. The van der Waals surface area contributed by atoms with Gasteiger partial charge in [0.05, 0.1) is 12.7 Å². The predicted octanol–water partition coefficient (Wildman–Crippen LogP) is 3.51. The highest BCUT2D eigenvalue weighted by Gasteiger charge is 2.20. The molecule has 120 valence electrons. The molecular formula is C18H21N3O2. The number of benzene rings is 1. The van der Waals surface area contributed by atoms with E-state index in [0.29, 0.717) is 11.4 Å². The summed E-state index contributed by atoms with van der Waals surface area (Å²) in [5.41, 5.74) is 1.43. The number of anilines is 2. The zero-order chi connectivity index (χ0) is 16.1. The molecule has 2 N–H and O–H groups in total. The molecule has 1 aromatic carbocycles. The van der Waals surface area contributed by atoms with E-state index in [1.807, 2.05) is 24.3 Å². The SMILES string of the molecule is COc1ccc(Nc2ncccc2C(=O)NC2CCCC2)cc1. The summed E-state index contributed by atoms with van der Waals surface area (Å²) >= 11 is 0. The molecule has 1 amide bonds. The molecule has 23 heavy (non-hydrogen) atoms. The van der Waals surface area contributed by atoms with Gasteiger partial charge in [-0.15, -0.1) is 0 Å². The molecule has 1 fully saturated rings. The Morgan fingerprint density at radius 1 is 1.17 bits per heavy atom. The molecule has 1 aromatic heterocycles. The Balaban J connectivity index is 1.75. The zero-order valence-electron chi connectivity index (χ0n) is 13.2. The molecule has 5 heteroatoms. The summed E-state index contributed by atoms with van der Waals surface area (Å²) in [5.74, 6) is 1.28. The smallest absolute Gasteiger partial charge is 0.255 e. The lowest BCUT2D eigenvalue weighted by Gasteiger charge is -2.14. The van der Waals surface area contributed by atoms with Gasteiger partial charge >= 0.3 is 0 Å². The Morgan fingerprint density at radius 2 is 1.91 bits per heavy atom. The van der Waals surface area contributed by atoms with Crippen molar-refractivity contribution in [3.8, 4) is 5.75 Å². The molecule has 0 unspecified atom stereocenters. The van der Waals surface area contributed by atoms with Gasteiger partial charge < -0.3 is 15.4 Å². The molecule has 1 saturated carbocycles. The van der Waals surface area contributed by atoms with Crippen LogP contribution in [0.4, 0.5) is 11.5 Å². The molecule has 1 aliphatic carbocycles. The van der Waals surface area contributed by atoms with Crippen molar-refractivity contribution in [2.45, 2.75) is 31.7 Å². The van der Waals surface area contributed by atoms with Crippen molar-refractivity contribution in [2.75, 3.05) is 12.4 Å². The normalized spacial score (nSPS) is 14.5. The number of rotatable bonds is 5. The van der Waals surface area contributed by atoms with Gasteiger partial charge in [-0.1, -0.05) is 12.8 Å². The first-order valence-electron chi connectivity index (χ1n) is 7.93. The Labute approximate surface area is 136 Å². The predicted molar refractivity (Wildman–Crippen MR) is 90.2 cm³/mol. The number of aromatic nitrogens is 1. The lowest BCUT2D eigenvalue weighted by atomic mass is 10.2. The van der Waals surface area contributed by atoms with Gasteiger partial charge in [-0.3, -0.25) is 4.79 Å². The van der Waals surface area contributed by atoms with E-state index in [-0.39, 0.29) is 11.9 Å². The lowest BCUT2D eigenvalue weighted by molar-refractivity contribution is 0.0938. The minimum Gasteiger partial charge on any atom is -0.497 e. The van der Waals surface area contributed by atoms with E-state index < -0.39 is 0 Å². The van der Waals surface area contributed by atoms with E-state index in [4.69, 9.17) is 4.74 Å². The molecule has 0 atom stereocenters. The van der Waals surface area contributed by atoms with Crippen molar-refractivity contribution in [1.82, 2.24) is 10.3 Å². The number of carbonyl (C=O) groups is 1. The second-order valence-corrected chi connectivity index (χ2v) is 5.71. The van der Waals surface area contributed by atoms with Crippen molar-refractivity contribution < 1.29 is 9.53 Å². The summed E-state index contributed by atoms with van der Waals surface area (Å²) in [6.45, 7) is 0. The lowest BCUT2D eigenvalue weighted by Crippen LogP contribution is -2.33. The molecule has 0 spiro atoms. The largest absolute Gasteiger partial charge is 0.497 e. The molecule has 0 bridgehead atoms. The van der Waals surface area contributed by atoms with Crippen LogP contribution in [-0.4, -0.2) is 24.0 Å². The minimum absolute atomic E-state index is 0.0685. The maximum Gasteiger partial charge on any atom is 0.255 e. The van der Waals surface area contributed by atoms with Crippen molar-refractivity contribution in [2.24, 2.45) is 0 Å². The summed E-state index contributed by atoms with van der Waals surface area (Å²) in [4.78, 5) is 16.8. The molecular weight excluding hydrogens is 290 g/mol. The summed E-state index contributed by atoms with van der Waals surface area (Å²) in [6, 6.07) is 11.4. The number of hydrogen-bond donors (Lipinski definition) is 2. The molecule has 1 aliphatic rings. The minimum atomic E-state index is -0.0685. The highest BCUT2D eigenvalue weighted by molar-refractivity contribution is 5.99. The van der Waals surface area contributed by atoms with Gasteiger partial charge in [-0.2, -0.15) is 0 Å². The van der Waals surface area contributed by atoms with Gasteiger partial charge in [0.1, 0.15) is 11.6 Å². The van der Waals surface area contributed by atoms with Crippen molar-refractivity contribution in [1.29, 1.82) is 0 Å². The van der Waals surface area contributed by atoms with Crippen LogP contribution < -0.4 is 15.4 Å². The number of amides is 1. The van der Waals surface area contributed by atoms with E-state index in [0.717, 1.165) is 24.3 Å². The molecule has 0 radical (unpaired) electrons. The highest BCUT2D eigenvalue weighted by Crippen LogP contribution is 2.22. The van der Waals surface area contributed by atoms with Gasteiger partial charge in [-0.25, -0.2) is 4.98 Å². The number of nitrogens with one attached hydrogen (secondary N) is 2. The maximum absolute atomic E-state index is 12.5. The van der Waals surface area contributed by atoms with Crippen LogP contribution in [0.25, 0.3) is 0 Å². The van der Waals surface area contributed by atoms with Gasteiger partial charge in [0, 0.05) is 17.9 Å². The summed E-state index contributed by atoms with van der Waals surface area (Å²) in [5, 5.41) is 6.30. The van der Waals surface area contributed by atoms with E-state index in [1.54, 1.807) is 25.4 Å². The Kier molecular flexibility index (Phi) is 4.76. The zero-order valence-corrected chi connectivity index (χ0v) is 13.2. The molecule has 3 rings (SSSR count). The Morgan fingerprint density at radius 3 is 2.61 bits per heavy atom. The summed E-state index contributed by atoms with van der Waals surface area (Å²) in [7, 11) is 1.63. The van der Waals surface area contributed by atoms with Gasteiger partial charge in [0.2, 0.25) is 0 Å². The number of hydrogen-bond acceptors (Lipinski definition) is 4. The van der Waals surface area contributed by atoms with Crippen LogP contribution in [0.3, 0.4) is 0 Å². The third-order valence-corrected chi connectivity index (χ3v) is 4.10. The second kappa shape index (κ2) is 7.13. The summed E-state index contributed by atoms with van der Waals surface area (Å²) in [6.07, 6.45) is 6.18. The van der Waals surface area contributed by atoms with Gasteiger partial charge in [0.15, 0.2) is 0 Å². The van der Waals surface area contributed by atoms with Crippen LogP contribution >= 0.6 is 0 Å². The van der Waals surface area contributed by atoms with E-state index in [1.165, 1.54) is 12.8 Å². The standard InChI is InChI=1S/C18H21N3O2/c1-23-15-10-8-14(9-11-15)20-17-16(7-4-12-19-17)18(22)21-13-5-2-3-6-13/h4,7-13H,2-3,5-6H2,1H3,(H,19,20)(H,21,22). The van der Waals surface area contributed by atoms with Crippen molar-refractivity contribution in [3.05, 3.63) is 48.2 Å². The molecule has 1 heterocycles. The van der Waals surface area contributed by atoms with Crippen LogP contribution in [0.1, 0.15) is 36.0 Å². The van der Waals surface area contributed by atoms with E-state index >= 15 is 0 Å². The number of pyridine rings is 1. The van der Waals surface area contributed by atoms with Crippen LogP contribution in [0.5, 0.6) is 5.75 Å². The monoisotopic (exact) mass is 311 g/mol. The molecule has 5 nitrogen and oxygen atoms in total. The fourth-order valence-electron chi connectivity index (χ4n) is 2.83. The van der Waals surface area contributed by atoms with Crippen LogP contribution in [0.2, 0.25) is 0 Å². The average molecular weight is 311 g/mol. The Hall–Kier alpha value is -2.56. The highest BCUT2D eigenvalue weighted by atomic mass is 16.5. The third kappa shape index (κ3) is 3.80. The van der Waals surface area contributed by atoms with Crippen molar-refractivity contribution >= 4 is 17.4 Å². The third-order valence-electron chi connectivity index (χ3n) is 4.10. The topological polar surface area (TPSA) is 63.2 Å². The van der Waals surface area contributed by atoms with Crippen LogP contribution in [0, 0.1) is 0 Å². The second-order valence-electron chi connectivity index (χ2n) is 5.71. The molecule has 0 aliphatic heterocycles. The van der Waals surface area contributed by atoms with E-state index in [9.17, 15) is 4.79 Å². The van der Waals surface area contributed by atoms with Gasteiger partial charge in [-0.05, 0) is 49.2 Å². The molecule has 0 saturated heterocycles. The van der Waals surface area contributed by atoms with Crippen molar-refractivity contribution in [3.63, 3.8) is 0 Å². The van der Waals surface area contributed by atoms with E-state index in [2.05, 4.69) is 15.6 Å². The van der Waals surface area contributed by atoms with Crippen LogP contribution in [-0.2, 0) is 0 Å². The Bertz CT molecular complexity index is 664. The number of methoxy groups -OCH3 is 1.